The summed E-state index contributed by atoms with van der Waals surface area (Å²) in [4.78, 5) is 10.2. The predicted octanol–water partition coefficient (Wildman–Crippen LogP) is 2.73. The van der Waals surface area contributed by atoms with E-state index in [0.29, 0.717) is 28.6 Å². The smallest absolute Gasteiger partial charge is 0.140 e. The van der Waals surface area contributed by atoms with Gasteiger partial charge in [-0.1, -0.05) is 0 Å². The highest BCUT2D eigenvalue weighted by Gasteiger charge is 2.08. The van der Waals surface area contributed by atoms with Crippen LogP contribution in [0.2, 0.25) is 0 Å². The van der Waals surface area contributed by atoms with Gasteiger partial charge in [0.2, 0.25) is 0 Å². The van der Waals surface area contributed by atoms with Crippen LogP contribution in [0, 0.1) is 5.82 Å². The second-order valence-electron chi connectivity index (χ2n) is 2.79. The third-order valence-corrected chi connectivity index (χ3v) is 2.42. The highest BCUT2D eigenvalue weighted by atomic mass is 79.9. The van der Waals surface area contributed by atoms with Crippen molar-refractivity contribution in [2.45, 2.75) is 12.8 Å². The summed E-state index contributed by atoms with van der Waals surface area (Å²) in [5, 5.41) is 0. The van der Waals surface area contributed by atoms with Gasteiger partial charge >= 0.3 is 0 Å². The molecule has 0 N–H and O–H groups in total. The summed E-state index contributed by atoms with van der Waals surface area (Å²) >= 11 is 3.09. The lowest BCUT2D eigenvalue weighted by atomic mass is 10.1. The molecule has 0 saturated heterocycles. The normalized spacial score (nSPS) is 9.93. The van der Waals surface area contributed by atoms with E-state index in [1.54, 1.807) is 12.1 Å². The third-order valence-electron chi connectivity index (χ3n) is 1.84. The zero-order valence-electron chi connectivity index (χ0n) is 7.72. The van der Waals surface area contributed by atoms with Crippen LogP contribution in [0.3, 0.4) is 0 Å². The minimum Gasteiger partial charge on any atom is -0.497 e. The van der Waals surface area contributed by atoms with Crippen molar-refractivity contribution in [3.05, 3.63) is 28.0 Å². The van der Waals surface area contributed by atoms with Crippen LogP contribution in [-0.4, -0.2) is 13.4 Å². The van der Waals surface area contributed by atoms with Gasteiger partial charge in [0.1, 0.15) is 17.9 Å². The van der Waals surface area contributed by atoms with Gasteiger partial charge in [0.15, 0.2) is 0 Å². The number of rotatable bonds is 4. The second kappa shape index (κ2) is 5.10. The van der Waals surface area contributed by atoms with Gasteiger partial charge in [-0.15, -0.1) is 0 Å². The van der Waals surface area contributed by atoms with Crippen molar-refractivity contribution in [3.8, 4) is 5.75 Å². The van der Waals surface area contributed by atoms with Gasteiger partial charge < -0.3 is 9.53 Å². The van der Waals surface area contributed by atoms with Crippen LogP contribution >= 0.6 is 15.9 Å². The minimum absolute atomic E-state index is 0.316. The van der Waals surface area contributed by atoms with E-state index in [2.05, 4.69) is 15.9 Å². The average Bonchev–Trinajstić information content (AvgIpc) is 2.20. The summed E-state index contributed by atoms with van der Waals surface area (Å²) in [5.74, 6) is 0.256. The lowest BCUT2D eigenvalue weighted by Gasteiger charge is -2.06. The third kappa shape index (κ3) is 2.54. The number of hydrogen-bond donors (Lipinski definition) is 0. The van der Waals surface area contributed by atoms with Crippen LogP contribution in [0.15, 0.2) is 16.6 Å². The molecule has 0 saturated carbocycles. The Morgan fingerprint density at radius 1 is 1.57 bits per heavy atom. The Labute approximate surface area is 90.2 Å². The predicted molar refractivity (Wildman–Crippen MR) is 55.0 cm³/mol. The van der Waals surface area contributed by atoms with Crippen molar-refractivity contribution in [2.24, 2.45) is 0 Å². The molecule has 0 aromatic heterocycles. The first-order valence-electron chi connectivity index (χ1n) is 4.14. The first-order valence-corrected chi connectivity index (χ1v) is 4.94. The van der Waals surface area contributed by atoms with Crippen molar-refractivity contribution < 1.29 is 13.9 Å². The van der Waals surface area contributed by atoms with Gasteiger partial charge in [0.05, 0.1) is 11.6 Å². The molecule has 0 bridgehead atoms. The first-order chi connectivity index (χ1) is 6.69. The molecule has 14 heavy (non-hydrogen) atoms. The number of carbonyl (C=O) groups excluding carboxylic acids is 1. The fourth-order valence-corrected chi connectivity index (χ4v) is 1.61. The van der Waals surface area contributed by atoms with Crippen LogP contribution in [0.4, 0.5) is 4.39 Å². The van der Waals surface area contributed by atoms with Crippen LogP contribution in [0.25, 0.3) is 0 Å². The van der Waals surface area contributed by atoms with Gasteiger partial charge in [0.25, 0.3) is 0 Å². The Morgan fingerprint density at radius 3 is 2.86 bits per heavy atom. The van der Waals surface area contributed by atoms with Crippen molar-refractivity contribution in [1.82, 2.24) is 0 Å². The molecule has 76 valence electrons. The summed E-state index contributed by atoms with van der Waals surface area (Å²) in [5.41, 5.74) is 0.489. The summed E-state index contributed by atoms with van der Waals surface area (Å²) in [7, 11) is 1.52. The van der Waals surface area contributed by atoms with Crippen molar-refractivity contribution in [3.63, 3.8) is 0 Å². The molecule has 0 radical (unpaired) electrons. The maximum absolute atomic E-state index is 13.4. The largest absolute Gasteiger partial charge is 0.497 e. The van der Waals surface area contributed by atoms with Gasteiger partial charge in [-0.2, -0.15) is 0 Å². The van der Waals surface area contributed by atoms with E-state index >= 15 is 0 Å². The highest BCUT2D eigenvalue weighted by molar-refractivity contribution is 9.10. The standard InChI is InChI=1S/C10H10BrFO2/c1-14-8-5-7(3-2-4-13)10(12)9(11)6-8/h4-6H,2-3H2,1H3. The number of aldehydes is 1. The molecule has 0 amide bonds. The van der Waals surface area contributed by atoms with Gasteiger partial charge in [-0.3, -0.25) is 0 Å². The maximum atomic E-state index is 13.4. The summed E-state index contributed by atoms with van der Waals surface area (Å²) in [6.07, 6.45) is 1.48. The molecule has 0 spiro atoms. The number of hydrogen-bond acceptors (Lipinski definition) is 2. The zero-order chi connectivity index (χ0) is 10.6. The molecule has 0 heterocycles. The van der Waals surface area contributed by atoms with Gasteiger partial charge in [-0.05, 0) is 40.0 Å². The van der Waals surface area contributed by atoms with E-state index < -0.39 is 0 Å². The van der Waals surface area contributed by atoms with Crippen molar-refractivity contribution in [1.29, 1.82) is 0 Å². The van der Waals surface area contributed by atoms with E-state index in [9.17, 15) is 9.18 Å². The topological polar surface area (TPSA) is 26.3 Å². The number of aryl methyl sites for hydroxylation is 1. The monoisotopic (exact) mass is 260 g/mol. The van der Waals surface area contributed by atoms with Crippen LogP contribution in [0.5, 0.6) is 5.75 Å². The van der Waals surface area contributed by atoms with Crippen molar-refractivity contribution >= 4 is 22.2 Å². The Bertz CT molecular complexity index is 339. The minimum atomic E-state index is -0.326. The molecule has 0 aliphatic carbocycles. The number of carbonyl (C=O) groups is 1. The van der Waals surface area contributed by atoms with E-state index in [1.165, 1.54) is 7.11 Å². The molecule has 0 aliphatic rings. The summed E-state index contributed by atoms with van der Waals surface area (Å²) in [6.45, 7) is 0. The number of ether oxygens (including phenoxy) is 1. The average molecular weight is 261 g/mol. The quantitative estimate of drug-likeness (QED) is 0.779. The number of benzene rings is 1. The number of methoxy groups -OCH3 is 1. The fourth-order valence-electron chi connectivity index (χ4n) is 1.13. The molecule has 1 rings (SSSR count). The van der Waals surface area contributed by atoms with Crippen LogP contribution in [0.1, 0.15) is 12.0 Å². The molecule has 1 aromatic rings. The van der Waals surface area contributed by atoms with E-state index in [0.717, 1.165) is 6.29 Å². The molecule has 1 aromatic carbocycles. The first kappa shape index (κ1) is 11.2. The number of halogens is 2. The van der Waals surface area contributed by atoms with E-state index in [4.69, 9.17) is 4.74 Å². The molecule has 2 nitrogen and oxygen atoms in total. The van der Waals surface area contributed by atoms with Gasteiger partial charge in [-0.25, -0.2) is 4.39 Å². The zero-order valence-corrected chi connectivity index (χ0v) is 9.30. The SMILES string of the molecule is COc1cc(Br)c(F)c(CCC=O)c1. The fraction of sp³-hybridized carbons (Fsp3) is 0.300. The highest BCUT2D eigenvalue weighted by Crippen LogP contribution is 2.26. The van der Waals surface area contributed by atoms with Gasteiger partial charge in [0, 0.05) is 6.42 Å². The molecular weight excluding hydrogens is 251 g/mol. The Kier molecular flexibility index (Phi) is 4.07. The van der Waals surface area contributed by atoms with E-state index in [-0.39, 0.29) is 5.82 Å². The summed E-state index contributed by atoms with van der Waals surface area (Å²) in [6, 6.07) is 3.16. The Morgan fingerprint density at radius 2 is 2.29 bits per heavy atom. The molecule has 0 fully saturated rings. The van der Waals surface area contributed by atoms with Crippen molar-refractivity contribution in [2.75, 3.05) is 7.11 Å². The maximum Gasteiger partial charge on any atom is 0.140 e. The molecule has 0 aliphatic heterocycles. The van der Waals surface area contributed by atoms with Crippen LogP contribution < -0.4 is 4.74 Å². The Balaban J connectivity index is 3.00. The van der Waals surface area contributed by atoms with E-state index in [1.807, 2.05) is 0 Å². The lowest BCUT2D eigenvalue weighted by Crippen LogP contribution is -1.95. The lowest BCUT2D eigenvalue weighted by molar-refractivity contribution is -0.107. The molecule has 0 atom stereocenters. The molecule has 4 heteroatoms. The molecule has 0 unspecified atom stereocenters. The molecular formula is C10H10BrFO2. The van der Waals surface area contributed by atoms with Crippen LogP contribution in [-0.2, 0) is 11.2 Å². The Hall–Kier alpha value is -0.900. The second-order valence-corrected chi connectivity index (χ2v) is 3.64. The summed E-state index contributed by atoms with van der Waals surface area (Å²) < 4.78 is 18.8.